The molecule has 0 spiro atoms. The minimum atomic E-state index is -0.116. The number of hydrogen-bond acceptors (Lipinski definition) is 4. The monoisotopic (exact) mass is 291 g/mol. The molecule has 5 heteroatoms. The third kappa shape index (κ3) is 5.55. The smallest absolute Gasteiger partial charge is 0.258 e. The summed E-state index contributed by atoms with van der Waals surface area (Å²) < 4.78 is 10.7. The van der Waals surface area contributed by atoms with Gasteiger partial charge < -0.3 is 14.8 Å². The first-order valence-electron chi connectivity index (χ1n) is 7.22. The molecule has 0 unspecified atom stereocenters. The van der Waals surface area contributed by atoms with E-state index in [0.29, 0.717) is 25.4 Å². The van der Waals surface area contributed by atoms with Crippen LogP contribution in [0.4, 0.5) is 0 Å². The van der Waals surface area contributed by atoms with Crippen molar-refractivity contribution in [1.82, 2.24) is 5.32 Å². The molecule has 0 aromatic heterocycles. The van der Waals surface area contributed by atoms with E-state index >= 15 is 0 Å². The Morgan fingerprint density at radius 2 is 1.90 bits per heavy atom. The molecule has 1 amide bonds. The zero-order valence-electron chi connectivity index (χ0n) is 12.3. The Morgan fingerprint density at radius 1 is 1.24 bits per heavy atom. The lowest BCUT2D eigenvalue weighted by Gasteiger charge is -2.23. The predicted octanol–water partition coefficient (Wildman–Crippen LogP) is 1.49. The van der Waals surface area contributed by atoms with E-state index in [-0.39, 0.29) is 24.3 Å². The van der Waals surface area contributed by atoms with Crippen molar-refractivity contribution in [3.05, 3.63) is 29.8 Å². The summed E-state index contributed by atoms with van der Waals surface area (Å²) in [4.78, 5) is 22.8. The molecule has 2 rings (SSSR count). The number of hydrogen-bond donors (Lipinski definition) is 1. The maximum absolute atomic E-state index is 11.8. The van der Waals surface area contributed by atoms with E-state index < -0.39 is 0 Å². The molecule has 0 atom stereocenters. The van der Waals surface area contributed by atoms with Gasteiger partial charge >= 0.3 is 0 Å². The van der Waals surface area contributed by atoms with Gasteiger partial charge in [-0.15, -0.1) is 0 Å². The molecule has 1 aliphatic heterocycles. The number of carbonyl (C=O) groups is 2. The summed E-state index contributed by atoms with van der Waals surface area (Å²) in [6.07, 6.45) is 2.13. The van der Waals surface area contributed by atoms with Gasteiger partial charge in [0, 0.05) is 25.7 Å². The lowest BCUT2D eigenvalue weighted by atomic mass is 10.1. The number of carbonyl (C=O) groups excluding carboxylic acids is 2. The molecule has 1 aromatic carbocycles. The Morgan fingerprint density at radius 3 is 2.52 bits per heavy atom. The van der Waals surface area contributed by atoms with E-state index in [2.05, 4.69) is 5.32 Å². The fourth-order valence-corrected chi connectivity index (χ4v) is 2.25. The van der Waals surface area contributed by atoms with Crippen LogP contribution in [0, 0.1) is 0 Å². The molecule has 0 aliphatic carbocycles. The second-order valence-corrected chi connectivity index (χ2v) is 5.27. The van der Waals surface area contributed by atoms with Crippen LogP contribution in [0.3, 0.4) is 0 Å². The topological polar surface area (TPSA) is 64.6 Å². The van der Waals surface area contributed by atoms with Crippen LogP contribution in [0.2, 0.25) is 0 Å². The van der Waals surface area contributed by atoms with Gasteiger partial charge in [-0.1, -0.05) is 12.1 Å². The average molecular weight is 291 g/mol. The van der Waals surface area contributed by atoms with Crippen molar-refractivity contribution in [3.63, 3.8) is 0 Å². The molecule has 0 saturated carbocycles. The highest BCUT2D eigenvalue weighted by molar-refractivity contribution is 5.78. The van der Waals surface area contributed by atoms with Crippen LogP contribution in [0.25, 0.3) is 0 Å². The van der Waals surface area contributed by atoms with Gasteiger partial charge in [-0.3, -0.25) is 9.59 Å². The third-order valence-electron chi connectivity index (χ3n) is 3.33. The minimum absolute atomic E-state index is 0.00339. The van der Waals surface area contributed by atoms with Crippen LogP contribution in [-0.4, -0.2) is 37.6 Å². The highest BCUT2D eigenvalue weighted by atomic mass is 16.5. The molecule has 1 fully saturated rings. The van der Waals surface area contributed by atoms with Crippen molar-refractivity contribution in [2.45, 2.75) is 32.2 Å². The molecule has 1 N–H and O–H groups in total. The van der Waals surface area contributed by atoms with Gasteiger partial charge in [0.15, 0.2) is 6.61 Å². The summed E-state index contributed by atoms with van der Waals surface area (Å²) in [5.41, 5.74) is 0.946. The highest BCUT2D eigenvalue weighted by Gasteiger charge is 2.16. The van der Waals surface area contributed by atoms with E-state index in [1.54, 1.807) is 19.1 Å². The van der Waals surface area contributed by atoms with Crippen LogP contribution in [0.5, 0.6) is 5.75 Å². The first-order valence-corrected chi connectivity index (χ1v) is 7.22. The van der Waals surface area contributed by atoms with Crippen molar-refractivity contribution in [2.75, 3.05) is 19.8 Å². The van der Waals surface area contributed by atoms with Crippen LogP contribution in [-0.2, 0) is 20.7 Å². The Hall–Kier alpha value is -1.88. The molecular formula is C16H21NO4. The third-order valence-corrected chi connectivity index (χ3v) is 3.33. The number of Topliss-reactive ketones (excluding diaryl/α,β-unsaturated/α-hetero) is 1. The van der Waals surface area contributed by atoms with E-state index in [4.69, 9.17) is 9.47 Å². The second kappa shape index (κ2) is 7.78. The highest BCUT2D eigenvalue weighted by Crippen LogP contribution is 2.13. The summed E-state index contributed by atoms with van der Waals surface area (Å²) >= 11 is 0. The SMILES string of the molecule is CC(=O)Cc1ccc(OCC(=O)NC2CCOCC2)cc1. The van der Waals surface area contributed by atoms with Gasteiger partial charge in [0.05, 0.1) is 0 Å². The number of amides is 1. The number of nitrogens with one attached hydrogen (secondary N) is 1. The zero-order valence-corrected chi connectivity index (χ0v) is 12.3. The van der Waals surface area contributed by atoms with Crippen LogP contribution >= 0.6 is 0 Å². The summed E-state index contributed by atoms with van der Waals surface area (Å²) in [5.74, 6) is 0.638. The number of ketones is 1. The number of rotatable bonds is 6. The molecule has 21 heavy (non-hydrogen) atoms. The van der Waals surface area contributed by atoms with Gasteiger partial charge in [-0.2, -0.15) is 0 Å². The number of benzene rings is 1. The summed E-state index contributed by atoms with van der Waals surface area (Å²) in [7, 11) is 0. The Labute approximate surface area is 124 Å². The van der Waals surface area contributed by atoms with E-state index in [1.807, 2.05) is 12.1 Å². The fraction of sp³-hybridized carbons (Fsp3) is 0.500. The maximum Gasteiger partial charge on any atom is 0.258 e. The van der Waals surface area contributed by atoms with Gasteiger partial charge in [0.1, 0.15) is 11.5 Å². The molecule has 1 aliphatic rings. The molecule has 1 saturated heterocycles. The van der Waals surface area contributed by atoms with Crippen molar-refractivity contribution in [1.29, 1.82) is 0 Å². The fourth-order valence-electron chi connectivity index (χ4n) is 2.25. The van der Waals surface area contributed by atoms with Crippen LogP contribution in [0.15, 0.2) is 24.3 Å². The lowest BCUT2D eigenvalue weighted by molar-refractivity contribution is -0.124. The Bertz CT molecular complexity index is 478. The molecular weight excluding hydrogens is 270 g/mol. The van der Waals surface area contributed by atoms with Gasteiger partial charge in [0.25, 0.3) is 5.91 Å². The van der Waals surface area contributed by atoms with E-state index in [9.17, 15) is 9.59 Å². The van der Waals surface area contributed by atoms with E-state index in [0.717, 1.165) is 18.4 Å². The molecule has 1 aromatic rings. The first kappa shape index (κ1) is 15.5. The normalized spacial score (nSPS) is 15.5. The summed E-state index contributed by atoms with van der Waals surface area (Å²) in [6, 6.07) is 7.42. The zero-order chi connectivity index (χ0) is 15.1. The number of ether oxygens (including phenoxy) is 2. The van der Waals surface area contributed by atoms with Gasteiger partial charge in [-0.25, -0.2) is 0 Å². The van der Waals surface area contributed by atoms with E-state index in [1.165, 1.54) is 0 Å². The summed E-state index contributed by atoms with van der Waals surface area (Å²) in [6.45, 7) is 2.96. The maximum atomic E-state index is 11.8. The molecule has 0 radical (unpaired) electrons. The van der Waals surface area contributed by atoms with Gasteiger partial charge in [-0.05, 0) is 37.5 Å². The molecule has 1 heterocycles. The molecule has 5 nitrogen and oxygen atoms in total. The Kier molecular flexibility index (Phi) is 5.75. The van der Waals surface area contributed by atoms with Crippen LogP contribution in [0.1, 0.15) is 25.3 Å². The lowest BCUT2D eigenvalue weighted by Crippen LogP contribution is -2.41. The Balaban J connectivity index is 1.74. The van der Waals surface area contributed by atoms with Crippen LogP contribution < -0.4 is 10.1 Å². The van der Waals surface area contributed by atoms with Gasteiger partial charge in [0.2, 0.25) is 0 Å². The first-order chi connectivity index (χ1) is 10.1. The van der Waals surface area contributed by atoms with Crippen molar-refractivity contribution >= 4 is 11.7 Å². The van der Waals surface area contributed by atoms with Crippen molar-refractivity contribution < 1.29 is 19.1 Å². The second-order valence-electron chi connectivity index (χ2n) is 5.27. The minimum Gasteiger partial charge on any atom is -0.484 e. The molecule has 114 valence electrons. The largest absolute Gasteiger partial charge is 0.484 e. The average Bonchev–Trinajstić information content (AvgIpc) is 2.47. The quantitative estimate of drug-likeness (QED) is 0.862. The molecule has 0 bridgehead atoms. The van der Waals surface area contributed by atoms with Crippen molar-refractivity contribution in [2.24, 2.45) is 0 Å². The summed E-state index contributed by atoms with van der Waals surface area (Å²) in [5, 5.41) is 2.94. The van der Waals surface area contributed by atoms with Crippen molar-refractivity contribution in [3.8, 4) is 5.75 Å². The predicted molar refractivity (Wildman–Crippen MR) is 78.3 cm³/mol. The standard InChI is InChI=1S/C16H21NO4/c1-12(18)10-13-2-4-15(5-3-13)21-11-16(19)17-14-6-8-20-9-7-14/h2-5,14H,6-11H2,1H3,(H,17,19).